The number of fused-ring (bicyclic) bond motifs is 1. The maximum Gasteiger partial charge on any atom is 0.155 e. The monoisotopic (exact) mass is 210 g/mol. The summed E-state index contributed by atoms with van der Waals surface area (Å²) in [5, 5.41) is 0. The lowest BCUT2D eigenvalue weighted by Gasteiger charge is -1.96. The Hall–Kier alpha value is -2.36. The van der Waals surface area contributed by atoms with Crippen LogP contribution in [0.25, 0.3) is 16.9 Å². The Kier molecular flexibility index (Phi) is 1.86. The molecule has 0 bridgehead atoms. The molecule has 2 N–H and O–H groups in total. The zero-order valence-electron chi connectivity index (χ0n) is 8.54. The van der Waals surface area contributed by atoms with E-state index in [1.807, 2.05) is 41.1 Å². The SMILES string of the molecule is Nc1cccc(-c2cn3ccncc3n2)c1. The average molecular weight is 210 g/mol. The quantitative estimate of drug-likeness (QED) is 0.625. The summed E-state index contributed by atoms with van der Waals surface area (Å²) in [6, 6.07) is 7.69. The summed E-state index contributed by atoms with van der Waals surface area (Å²) in [5.41, 5.74) is 9.24. The molecule has 3 aromatic rings. The first-order chi connectivity index (χ1) is 7.83. The fraction of sp³-hybridized carbons (Fsp3) is 0. The summed E-state index contributed by atoms with van der Waals surface area (Å²) in [6.07, 6.45) is 7.30. The van der Waals surface area contributed by atoms with Crippen LogP contribution in [0, 0.1) is 0 Å². The summed E-state index contributed by atoms with van der Waals surface area (Å²) in [7, 11) is 0. The molecule has 0 aliphatic rings. The van der Waals surface area contributed by atoms with Gasteiger partial charge in [0.05, 0.1) is 11.9 Å². The molecule has 0 spiro atoms. The Morgan fingerprint density at radius 2 is 2.19 bits per heavy atom. The molecule has 78 valence electrons. The predicted octanol–water partition coefficient (Wildman–Crippen LogP) is 1.98. The summed E-state index contributed by atoms with van der Waals surface area (Å²) < 4.78 is 1.94. The number of rotatable bonds is 1. The molecule has 0 unspecified atom stereocenters. The lowest BCUT2D eigenvalue weighted by atomic mass is 10.1. The second-order valence-corrected chi connectivity index (χ2v) is 3.59. The van der Waals surface area contributed by atoms with Gasteiger partial charge >= 0.3 is 0 Å². The lowest BCUT2D eigenvalue weighted by Crippen LogP contribution is -1.84. The van der Waals surface area contributed by atoms with Gasteiger partial charge in [-0.2, -0.15) is 0 Å². The van der Waals surface area contributed by atoms with Crippen LogP contribution in [-0.4, -0.2) is 14.4 Å². The number of imidazole rings is 1. The van der Waals surface area contributed by atoms with Gasteiger partial charge in [0.1, 0.15) is 0 Å². The van der Waals surface area contributed by atoms with Gasteiger partial charge in [-0.1, -0.05) is 12.1 Å². The van der Waals surface area contributed by atoms with E-state index in [-0.39, 0.29) is 0 Å². The largest absolute Gasteiger partial charge is 0.399 e. The highest BCUT2D eigenvalue weighted by molar-refractivity contribution is 5.65. The highest BCUT2D eigenvalue weighted by atomic mass is 15.0. The highest BCUT2D eigenvalue weighted by Gasteiger charge is 2.03. The highest BCUT2D eigenvalue weighted by Crippen LogP contribution is 2.20. The van der Waals surface area contributed by atoms with Gasteiger partial charge in [-0.3, -0.25) is 4.98 Å². The Morgan fingerprint density at radius 1 is 1.25 bits per heavy atom. The van der Waals surface area contributed by atoms with Crippen LogP contribution in [-0.2, 0) is 0 Å². The Bertz CT molecular complexity index is 609. The molecule has 0 atom stereocenters. The third-order valence-corrected chi connectivity index (χ3v) is 2.45. The van der Waals surface area contributed by atoms with Crippen LogP contribution in [0.15, 0.2) is 49.1 Å². The number of anilines is 1. The molecule has 0 aliphatic carbocycles. The van der Waals surface area contributed by atoms with Crippen molar-refractivity contribution in [2.75, 3.05) is 5.73 Å². The third-order valence-electron chi connectivity index (χ3n) is 2.45. The van der Waals surface area contributed by atoms with Crippen molar-refractivity contribution in [1.82, 2.24) is 14.4 Å². The number of hydrogen-bond donors (Lipinski definition) is 1. The molecular formula is C12H10N4. The number of aromatic nitrogens is 3. The Balaban J connectivity index is 2.19. The molecule has 0 saturated carbocycles. The predicted molar refractivity (Wildman–Crippen MR) is 62.8 cm³/mol. The first kappa shape index (κ1) is 8.91. The van der Waals surface area contributed by atoms with Gasteiger partial charge in [0, 0.05) is 29.8 Å². The molecule has 2 aromatic heterocycles. The fourth-order valence-corrected chi connectivity index (χ4v) is 1.68. The molecule has 4 nitrogen and oxygen atoms in total. The summed E-state index contributed by atoms with van der Waals surface area (Å²) >= 11 is 0. The van der Waals surface area contributed by atoms with Gasteiger partial charge in [0.2, 0.25) is 0 Å². The standard InChI is InChI=1S/C12H10N4/c13-10-3-1-2-9(6-10)11-8-16-5-4-14-7-12(16)15-11/h1-8H,13H2. The Labute approximate surface area is 92.4 Å². The van der Waals surface area contributed by atoms with Crippen LogP contribution in [0.1, 0.15) is 0 Å². The van der Waals surface area contributed by atoms with Crippen molar-refractivity contribution >= 4 is 11.3 Å². The van der Waals surface area contributed by atoms with E-state index in [0.717, 1.165) is 22.6 Å². The average Bonchev–Trinajstić information content (AvgIpc) is 2.72. The zero-order chi connectivity index (χ0) is 11.0. The van der Waals surface area contributed by atoms with E-state index in [4.69, 9.17) is 5.73 Å². The smallest absolute Gasteiger partial charge is 0.155 e. The second kappa shape index (κ2) is 3.34. The van der Waals surface area contributed by atoms with E-state index >= 15 is 0 Å². The molecule has 2 heterocycles. The van der Waals surface area contributed by atoms with E-state index in [2.05, 4.69) is 9.97 Å². The molecule has 4 heteroatoms. The molecule has 0 radical (unpaired) electrons. The third kappa shape index (κ3) is 1.40. The van der Waals surface area contributed by atoms with Gasteiger partial charge in [-0.05, 0) is 12.1 Å². The minimum Gasteiger partial charge on any atom is -0.399 e. The van der Waals surface area contributed by atoms with Crippen molar-refractivity contribution in [3.8, 4) is 11.3 Å². The van der Waals surface area contributed by atoms with Crippen LogP contribution in [0.2, 0.25) is 0 Å². The van der Waals surface area contributed by atoms with Crippen molar-refractivity contribution in [3.63, 3.8) is 0 Å². The van der Waals surface area contributed by atoms with Crippen molar-refractivity contribution in [1.29, 1.82) is 0 Å². The number of nitrogens with two attached hydrogens (primary N) is 1. The topological polar surface area (TPSA) is 56.2 Å². The van der Waals surface area contributed by atoms with E-state index < -0.39 is 0 Å². The maximum atomic E-state index is 5.74. The molecular weight excluding hydrogens is 200 g/mol. The number of nitrogens with zero attached hydrogens (tertiary/aromatic N) is 3. The zero-order valence-corrected chi connectivity index (χ0v) is 8.54. The number of nitrogen functional groups attached to an aromatic ring is 1. The fourth-order valence-electron chi connectivity index (χ4n) is 1.68. The van der Waals surface area contributed by atoms with E-state index in [9.17, 15) is 0 Å². The van der Waals surface area contributed by atoms with Crippen LogP contribution in [0.5, 0.6) is 0 Å². The molecule has 16 heavy (non-hydrogen) atoms. The minimum absolute atomic E-state index is 0.743. The van der Waals surface area contributed by atoms with Crippen molar-refractivity contribution in [2.24, 2.45) is 0 Å². The molecule has 0 fully saturated rings. The maximum absolute atomic E-state index is 5.74. The molecule has 0 amide bonds. The summed E-state index contributed by atoms with van der Waals surface area (Å²) in [4.78, 5) is 8.50. The molecule has 0 aliphatic heterocycles. The van der Waals surface area contributed by atoms with Crippen molar-refractivity contribution in [2.45, 2.75) is 0 Å². The van der Waals surface area contributed by atoms with Crippen LogP contribution in [0.4, 0.5) is 5.69 Å². The summed E-state index contributed by atoms with van der Waals surface area (Å²) in [6.45, 7) is 0. The van der Waals surface area contributed by atoms with Crippen LogP contribution >= 0.6 is 0 Å². The number of benzene rings is 1. The molecule has 0 saturated heterocycles. The van der Waals surface area contributed by atoms with Gasteiger partial charge in [-0.25, -0.2) is 4.98 Å². The lowest BCUT2D eigenvalue weighted by molar-refractivity contribution is 1.13. The normalized spacial score (nSPS) is 10.8. The molecule has 1 aromatic carbocycles. The van der Waals surface area contributed by atoms with E-state index in [1.165, 1.54) is 0 Å². The van der Waals surface area contributed by atoms with Crippen molar-refractivity contribution in [3.05, 3.63) is 49.1 Å². The molecule has 3 rings (SSSR count). The van der Waals surface area contributed by atoms with Gasteiger partial charge in [0.25, 0.3) is 0 Å². The number of hydrogen-bond acceptors (Lipinski definition) is 3. The summed E-state index contributed by atoms with van der Waals surface area (Å²) in [5.74, 6) is 0. The van der Waals surface area contributed by atoms with Gasteiger partial charge < -0.3 is 10.1 Å². The Morgan fingerprint density at radius 3 is 3.00 bits per heavy atom. The van der Waals surface area contributed by atoms with Gasteiger partial charge in [0.15, 0.2) is 5.65 Å². The first-order valence-corrected chi connectivity index (χ1v) is 4.97. The van der Waals surface area contributed by atoms with Gasteiger partial charge in [-0.15, -0.1) is 0 Å². The second-order valence-electron chi connectivity index (χ2n) is 3.59. The van der Waals surface area contributed by atoms with E-state index in [0.29, 0.717) is 0 Å². The van der Waals surface area contributed by atoms with Crippen LogP contribution in [0.3, 0.4) is 0 Å². The van der Waals surface area contributed by atoms with E-state index in [1.54, 1.807) is 12.4 Å². The van der Waals surface area contributed by atoms with Crippen molar-refractivity contribution < 1.29 is 0 Å². The first-order valence-electron chi connectivity index (χ1n) is 4.97. The minimum atomic E-state index is 0.743. The van der Waals surface area contributed by atoms with Crippen LogP contribution < -0.4 is 5.73 Å².